The SMILES string of the molecule is CCn1c(=O)n(CCC(=O)OCc2csc(-c3ccc(F)cc3)n2)c2ccccc21. The van der Waals surface area contributed by atoms with Gasteiger partial charge in [-0.05, 0) is 43.3 Å². The van der Waals surface area contributed by atoms with Crippen molar-refractivity contribution >= 4 is 28.3 Å². The van der Waals surface area contributed by atoms with Crippen molar-refractivity contribution in [2.24, 2.45) is 0 Å². The van der Waals surface area contributed by atoms with E-state index in [2.05, 4.69) is 4.98 Å². The van der Waals surface area contributed by atoms with Crippen LogP contribution in [-0.2, 0) is 29.2 Å². The van der Waals surface area contributed by atoms with Gasteiger partial charge in [0, 0.05) is 24.0 Å². The highest BCUT2D eigenvalue weighted by Gasteiger charge is 2.14. The molecule has 0 spiro atoms. The third-order valence-corrected chi connectivity index (χ3v) is 5.75. The number of ether oxygens (including phenoxy) is 1. The molecule has 0 saturated heterocycles. The Hall–Kier alpha value is -3.26. The number of fused-ring (bicyclic) bond motifs is 1. The Labute approximate surface area is 176 Å². The highest BCUT2D eigenvalue weighted by Crippen LogP contribution is 2.24. The van der Waals surface area contributed by atoms with Crippen LogP contribution in [0.15, 0.2) is 58.7 Å². The van der Waals surface area contributed by atoms with Crippen LogP contribution in [0.25, 0.3) is 21.6 Å². The quantitative estimate of drug-likeness (QED) is 0.416. The topological polar surface area (TPSA) is 66.1 Å². The number of carbonyl (C=O) groups is 1. The average Bonchev–Trinajstić information content (AvgIpc) is 3.33. The van der Waals surface area contributed by atoms with Gasteiger partial charge in [0.25, 0.3) is 0 Å². The number of halogens is 1. The van der Waals surface area contributed by atoms with Gasteiger partial charge >= 0.3 is 11.7 Å². The van der Waals surface area contributed by atoms with Crippen LogP contribution in [0, 0.1) is 5.82 Å². The number of aryl methyl sites for hydroxylation is 2. The Kier molecular flexibility index (Phi) is 5.76. The van der Waals surface area contributed by atoms with Gasteiger partial charge in [-0.15, -0.1) is 11.3 Å². The number of esters is 1. The molecule has 2 aromatic carbocycles. The van der Waals surface area contributed by atoms with Gasteiger partial charge in [0.2, 0.25) is 0 Å². The van der Waals surface area contributed by atoms with Crippen LogP contribution in [0.2, 0.25) is 0 Å². The molecule has 6 nitrogen and oxygen atoms in total. The molecule has 30 heavy (non-hydrogen) atoms. The maximum Gasteiger partial charge on any atom is 0.329 e. The Balaban J connectivity index is 1.37. The molecule has 0 unspecified atom stereocenters. The van der Waals surface area contributed by atoms with E-state index in [0.717, 1.165) is 21.6 Å². The highest BCUT2D eigenvalue weighted by atomic mass is 32.1. The van der Waals surface area contributed by atoms with Gasteiger partial charge in [-0.3, -0.25) is 13.9 Å². The summed E-state index contributed by atoms with van der Waals surface area (Å²) in [6, 6.07) is 13.6. The molecule has 0 radical (unpaired) electrons. The summed E-state index contributed by atoms with van der Waals surface area (Å²) in [4.78, 5) is 29.3. The molecular weight excluding hydrogens is 405 g/mol. The van der Waals surface area contributed by atoms with Crippen molar-refractivity contribution in [3.8, 4) is 10.6 Å². The van der Waals surface area contributed by atoms with Crippen LogP contribution in [0.4, 0.5) is 4.39 Å². The van der Waals surface area contributed by atoms with E-state index in [0.29, 0.717) is 12.2 Å². The van der Waals surface area contributed by atoms with Crippen molar-refractivity contribution in [3.05, 3.63) is 75.9 Å². The number of carbonyl (C=O) groups excluding carboxylic acids is 1. The van der Waals surface area contributed by atoms with E-state index in [1.54, 1.807) is 21.3 Å². The Morgan fingerprint density at radius 1 is 1.10 bits per heavy atom. The van der Waals surface area contributed by atoms with Gasteiger partial charge in [0.05, 0.1) is 23.1 Å². The average molecular weight is 425 g/mol. The molecule has 0 amide bonds. The molecule has 8 heteroatoms. The normalized spacial score (nSPS) is 11.1. The molecule has 4 rings (SSSR count). The third kappa shape index (κ3) is 4.04. The summed E-state index contributed by atoms with van der Waals surface area (Å²) in [6.07, 6.45) is 0.0899. The van der Waals surface area contributed by atoms with E-state index in [1.165, 1.54) is 23.5 Å². The molecule has 0 saturated carbocycles. The largest absolute Gasteiger partial charge is 0.459 e. The van der Waals surface area contributed by atoms with Gasteiger partial charge < -0.3 is 4.74 Å². The first-order valence-corrected chi connectivity index (χ1v) is 10.5. The summed E-state index contributed by atoms with van der Waals surface area (Å²) in [6.45, 7) is 2.79. The van der Waals surface area contributed by atoms with Gasteiger partial charge in [0.15, 0.2) is 0 Å². The summed E-state index contributed by atoms with van der Waals surface area (Å²) in [5, 5.41) is 2.55. The molecule has 2 aromatic heterocycles. The molecule has 0 aliphatic rings. The van der Waals surface area contributed by atoms with Gasteiger partial charge in [-0.2, -0.15) is 0 Å². The van der Waals surface area contributed by atoms with Crippen molar-refractivity contribution in [2.45, 2.75) is 33.0 Å². The fourth-order valence-corrected chi connectivity index (χ4v) is 4.13. The first-order valence-electron chi connectivity index (χ1n) is 9.61. The van der Waals surface area contributed by atoms with Gasteiger partial charge in [-0.25, -0.2) is 14.2 Å². The monoisotopic (exact) mass is 425 g/mol. The lowest BCUT2D eigenvalue weighted by molar-refractivity contribution is -0.145. The lowest BCUT2D eigenvalue weighted by Crippen LogP contribution is -2.25. The van der Waals surface area contributed by atoms with Crippen LogP contribution in [-0.4, -0.2) is 20.1 Å². The molecule has 0 aliphatic heterocycles. The zero-order chi connectivity index (χ0) is 21.1. The van der Waals surface area contributed by atoms with Gasteiger partial charge in [-0.1, -0.05) is 12.1 Å². The molecule has 0 atom stereocenters. The van der Waals surface area contributed by atoms with E-state index >= 15 is 0 Å². The summed E-state index contributed by atoms with van der Waals surface area (Å²) < 4.78 is 21.7. The van der Waals surface area contributed by atoms with Crippen molar-refractivity contribution in [3.63, 3.8) is 0 Å². The summed E-state index contributed by atoms with van der Waals surface area (Å²) in [5.74, 6) is -0.697. The zero-order valence-electron chi connectivity index (χ0n) is 16.4. The zero-order valence-corrected chi connectivity index (χ0v) is 17.2. The standard InChI is InChI=1S/C22H20FN3O3S/c1-2-25-18-5-3-4-6-19(18)26(22(25)28)12-11-20(27)29-13-17-14-30-21(24-17)15-7-9-16(23)10-8-15/h3-10,14H,2,11-13H2,1H3. The minimum absolute atomic E-state index is 0.0577. The fourth-order valence-electron chi connectivity index (χ4n) is 3.32. The second-order valence-corrected chi connectivity index (χ2v) is 7.59. The van der Waals surface area contributed by atoms with E-state index in [1.807, 2.05) is 36.6 Å². The number of aromatic nitrogens is 3. The third-order valence-electron chi connectivity index (χ3n) is 4.80. The van der Waals surface area contributed by atoms with Crippen LogP contribution in [0.3, 0.4) is 0 Å². The number of thiazole rings is 1. The van der Waals surface area contributed by atoms with E-state index in [4.69, 9.17) is 4.74 Å². The first kappa shape index (κ1) is 20.0. The minimum Gasteiger partial charge on any atom is -0.459 e. The summed E-state index contributed by atoms with van der Waals surface area (Å²) >= 11 is 1.41. The van der Waals surface area contributed by atoms with E-state index in [-0.39, 0.29) is 31.1 Å². The molecule has 2 heterocycles. The summed E-state index contributed by atoms with van der Waals surface area (Å²) in [5.41, 5.74) is 2.97. The number of imidazole rings is 1. The predicted octanol–water partition coefficient (Wildman–Crippen LogP) is 4.22. The second-order valence-electron chi connectivity index (χ2n) is 6.73. The minimum atomic E-state index is -0.397. The molecule has 0 bridgehead atoms. The van der Waals surface area contributed by atoms with Crippen molar-refractivity contribution in [2.75, 3.05) is 0 Å². The Bertz CT molecular complexity index is 1240. The smallest absolute Gasteiger partial charge is 0.329 e. The van der Waals surface area contributed by atoms with Crippen LogP contribution < -0.4 is 5.69 Å². The number of rotatable bonds is 7. The maximum atomic E-state index is 13.0. The van der Waals surface area contributed by atoms with Crippen LogP contribution >= 0.6 is 11.3 Å². The van der Waals surface area contributed by atoms with E-state index in [9.17, 15) is 14.0 Å². The Morgan fingerprint density at radius 3 is 2.50 bits per heavy atom. The fraction of sp³-hybridized carbons (Fsp3) is 0.227. The molecule has 4 aromatic rings. The number of para-hydroxylation sites is 2. The number of benzene rings is 2. The number of hydrogen-bond donors (Lipinski definition) is 0. The molecular formula is C22H20FN3O3S. The second kappa shape index (κ2) is 8.62. The molecule has 0 N–H and O–H groups in total. The lowest BCUT2D eigenvalue weighted by atomic mass is 10.2. The van der Waals surface area contributed by atoms with Crippen molar-refractivity contribution in [1.82, 2.24) is 14.1 Å². The first-order chi connectivity index (χ1) is 14.6. The number of hydrogen-bond acceptors (Lipinski definition) is 5. The van der Waals surface area contributed by atoms with Crippen molar-refractivity contribution < 1.29 is 13.9 Å². The van der Waals surface area contributed by atoms with Crippen LogP contribution in [0.1, 0.15) is 19.0 Å². The predicted molar refractivity (Wildman–Crippen MR) is 114 cm³/mol. The van der Waals surface area contributed by atoms with Gasteiger partial charge in [0.1, 0.15) is 17.4 Å². The lowest BCUT2D eigenvalue weighted by Gasteiger charge is -2.04. The van der Waals surface area contributed by atoms with E-state index < -0.39 is 5.97 Å². The summed E-state index contributed by atoms with van der Waals surface area (Å²) in [7, 11) is 0. The molecule has 154 valence electrons. The Morgan fingerprint density at radius 2 is 1.80 bits per heavy atom. The molecule has 0 aliphatic carbocycles. The van der Waals surface area contributed by atoms with Crippen molar-refractivity contribution in [1.29, 1.82) is 0 Å². The van der Waals surface area contributed by atoms with Crippen LogP contribution in [0.5, 0.6) is 0 Å². The maximum absolute atomic E-state index is 13.0. The number of nitrogens with zero attached hydrogens (tertiary/aromatic N) is 3. The highest BCUT2D eigenvalue weighted by molar-refractivity contribution is 7.13. The molecule has 0 fully saturated rings.